The van der Waals surface area contributed by atoms with Gasteiger partial charge in [0.2, 0.25) is 15.9 Å². The average molecular weight is 392 g/mol. The lowest BCUT2D eigenvalue weighted by molar-refractivity contribution is -0.115. The maximum absolute atomic E-state index is 12.3. The van der Waals surface area contributed by atoms with Gasteiger partial charge >= 0.3 is 0 Å². The molecule has 0 atom stereocenters. The van der Waals surface area contributed by atoms with Crippen molar-refractivity contribution in [3.05, 3.63) is 42.5 Å². The third kappa shape index (κ3) is 4.89. The van der Waals surface area contributed by atoms with Crippen LogP contribution in [0, 0.1) is 0 Å². The monoisotopic (exact) mass is 392 g/mol. The zero-order valence-electron chi connectivity index (χ0n) is 14.7. The van der Waals surface area contributed by atoms with Gasteiger partial charge in [-0.25, -0.2) is 13.1 Å². The van der Waals surface area contributed by atoms with E-state index in [-0.39, 0.29) is 4.90 Å². The summed E-state index contributed by atoms with van der Waals surface area (Å²) in [5, 5.41) is 2.62. The van der Waals surface area contributed by atoms with Crippen molar-refractivity contribution in [3.63, 3.8) is 0 Å². The predicted molar refractivity (Wildman–Crippen MR) is 98.9 cm³/mol. The highest BCUT2D eigenvalue weighted by atomic mass is 32.2. The first-order chi connectivity index (χ1) is 13.0. The van der Waals surface area contributed by atoms with E-state index in [0.29, 0.717) is 42.8 Å². The molecule has 144 valence electrons. The van der Waals surface area contributed by atoms with Crippen LogP contribution >= 0.6 is 0 Å². The van der Waals surface area contributed by atoms with Gasteiger partial charge in [0.1, 0.15) is 19.0 Å². The molecule has 0 bridgehead atoms. The lowest BCUT2D eigenvalue weighted by Crippen LogP contribution is -2.32. The number of ether oxygens (including phenoxy) is 3. The fourth-order valence-corrected chi connectivity index (χ4v) is 3.43. The molecule has 3 rings (SSSR count). The second kappa shape index (κ2) is 8.28. The number of benzene rings is 2. The van der Waals surface area contributed by atoms with E-state index in [1.807, 2.05) is 6.92 Å². The number of hydrogen-bond acceptors (Lipinski definition) is 6. The van der Waals surface area contributed by atoms with Crippen molar-refractivity contribution in [2.24, 2.45) is 0 Å². The number of hydrogen-bond donors (Lipinski definition) is 2. The summed E-state index contributed by atoms with van der Waals surface area (Å²) < 4.78 is 43.0. The summed E-state index contributed by atoms with van der Waals surface area (Å²) in [5.74, 6) is 1.22. The molecule has 2 aromatic carbocycles. The van der Waals surface area contributed by atoms with E-state index in [9.17, 15) is 13.2 Å². The molecule has 0 saturated heterocycles. The van der Waals surface area contributed by atoms with E-state index in [1.165, 1.54) is 12.1 Å². The van der Waals surface area contributed by atoms with Crippen molar-refractivity contribution < 1.29 is 27.4 Å². The molecule has 2 aromatic rings. The number of carbonyl (C=O) groups excluding carboxylic acids is 1. The first-order valence-electron chi connectivity index (χ1n) is 8.40. The summed E-state index contributed by atoms with van der Waals surface area (Å²) in [7, 11) is -3.80. The largest absolute Gasteiger partial charge is 0.494 e. The topological polar surface area (TPSA) is 103 Å². The SMILES string of the molecule is CCOc1ccc(S(=O)(=O)NCC(=O)Nc2ccc3c(c2)OCCO3)cc1. The van der Waals surface area contributed by atoms with Crippen LogP contribution in [0.2, 0.25) is 0 Å². The Kier molecular flexibility index (Phi) is 5.82. The van der Waals surface area contributed by atoms with E-state index >= 15 is 0 Å². The van der Waals surface area contributed by atoms with Crippen LogP contribution in [-0.2, 0) is 14.8 Å². The molecule has 0 aliphatic carbocycles. The lowest BCUT2D eigenvalue weighted by atomic mass is 10.2. The van der Waals surface area contributed by atoms with Crippen molar-refractivity contribution in [1.82, 2.24) is 4.72 Å². The molecule has 0 fully saturated rings. The van der Waals surface area contributed by atoms with E-state index in [0.717, 1.165) is 0 Å². The average Bonchev–Trinajstić information content (AvgIpc) is 2.67. The zero-order valence-corrected chi connectivity index (χ0v) is 15.5. The first kappa shape index (κ1) is 19.0. The van der Waals surface area contributed by atoms with Crippen LogP contribution in [0.15, 0.2) is 47.4 Å². The Labute approximate surface area is 157 Å². The Morgan fingerprint density at radius 3 is 2.48 bits per heavy atom. The summed E-state index contributed by atoms with van der Waals surface area (Å²) in [6.45, 7) is 2.85. The van der Waals surface area contributed by atoms with E-state index in [4.69, 9.17) is 14.2 Å². The third-order valence-electron chi connectivity index (χ3n) is 3.69. The molecule has 0 spiro atoms. The standard InChI is InChI=1S/C18H20N2O6S/c1-2-24-14-4-6-15(7-5-14)27(22,23)19-12-18(21)20-13-3-8-16-17(11-13)26-10-9-25-16/h3-8,11,19H,2,9-10,12H2,1H3,(H,20,21). The fourth-order valence-electron chi connectivity index (χ4n) is 2.45. The molecule has 0 radical (unpaired) electrons. The third-order valence-corrected chi connectivity index (χ3v) is 5.11. The van der Waals surface area contributed by atoms with Crippen LogP contribution < -0.4 is 24.2 Å². The highest BCUT2D eigenvalue weighted by Crippen LogP contribution is 2.32. The molecular weight excluding hydrogens is 372 g/mol. The number of carbonyl (C=O) groups is 1. The summed E-state index contributed by atoms with van der Waals surface area (Å²) in [4.78, 5) is 12.1. The molecule has 8 nitrogen and oxygen atoms in total. The summed E-state index contributed by atoms with van der Waals surface area (Å²) in [5.41, 5.74) is 0.490. The minimum atomic E-state index is -3.80. The molecule has 1 aliphatic heterocycles. The molecule has 0 saturated carbocycles. The van der Waals surface area contributed by atoms with Crippen LogP contribution in [-0.4, -0.2) is 40.7 Å². The molecule has 1 amide bonds. The van der Waals surface area contributed by atoms with E-state index in [2.05, 4.69) is 10.0 Å². The molecule has 1 heterocycles. The van der Waals surface area contributed by atoms with Gasteiger partial charge in [-0.2, -0.15) is 0 Å². The van der Waals surface area contributed by atoms with Crippen molar-refractivity contribution in [2.75, 3.05) is 31.7 Å². The minimum absolute atomic E-state index is 0.0538. The number of nitrogens with one attached hydrogen (secondary N) is 2. The van der Waals surface area contributed by atoms with Crippen molar-refractivity contribution in [1.29, 1.82) is 0 Å². The van der Waals surface area contributed by atoms with Gasteiger partial charge in [-0.05, 0) is 43.3 Å². The molecule has 2 N–H and O–H groups in total. The molecule has 1 aliphatic rings. The van der Waals surface area contributed by atoms with E-state index in [1.54, 1.807) is 30.3 Å². The van der Waals surface area contributed by atoms with E-state index < -0.39 is 22.5 Å². The molecule has 9 heteroatoms. The Morgan fingerprint density at radius 2 is 1.78 bits per heavy atom. The zero-order chi connectivity index (χ0) is 19.3. The highest BCUT2D eigenvalue weighted by Gasteiger charge is 2.17. The van der Waals surface area contributed by atoms with Crippen LogP contribution in [0.5, 0.6) is 17.2 Å². The number of sulfonamides is 1. The summed E-state index contributed by atoms with van der Waals surface area (Å²) in [6, 6.07) is 11.0. The van der Waals surface area contributed by atoms with Gasteiger partial charge in [-0.1, -0.05) is 0 Å². The Balaban J connectivity index is 1.58. The Hall–Kier alpha value is -2.78. The van der Waals surface area contributed by atoms with Gasteiger partial charge in [0, 0.05) is 11.8 Å². The quantitative estimate of drug-likeness (QED) is 0.745. The minimum Gasteiger partial charge on any atom is -0.494 e. The number of rotatable bonds is 7. The van der Waals surface area contributed by atoms with Crippen LogP contribution in [0.25, 0.3) is 0 Å². The molecule has 0 aromatic heterocycles. The maximum atomic E-state index is 12.3. The van der Waals surface area contributed by atoms with Gasteiger partial charge in [0.05, 0.1) is 18.0 Å². The number of amides is 1. The normalized spacial score (nSPS) is 13.1. The molecule has 27 heavy (non-hydrogen) atoms. The Bertz CT molecular complexity index is 912. The summed E-state index contributed by atoms with van der Waals surface area (Å²) in [6.07, 6.45) is 0. The van der Waals surface area contributed by atoms with Crippen molar-refractivity contribution in [2.45, 2.75) is 11.8 Å². The van der Waals surface area contributed by atoms with Crippen molar-refractivity contribution in [3.8, 4) is 17.2 Å². The fraction of sp³-hybridized carbons (Fsp3) is 0.278. The molecule has 0 unspecified atom stereocenters. The second-order valence-corrected chi connectivity index (χ2v) is 7.40. The maximum Gasteiger partial charge on any atom is 0.241 e. The number of fused-ring (bicyclic) bond motifs is 1. The molecular formula is C18H20N2O6S. The van der Waals surface area contributed by atoms with Gasteiger partial charge in [-0.3, -0.25) is 4.79 Å². The highest BCUT2D eigenvalue weighted by molar-refractivity contribution is 7.89. The smallest absolute Gasteiger partial charge is 0.241 e. The van der Waals surface area contributed by atoms with Gasteiger partial charge < -0.3 is 19.5 Å². The van der Waals surface area contributed by atoms with Gasteiger partial charge in [-0.15, -0.1) is 0 Å². The van der Waals surface area contributed by atoms with Crippen LogP contribution in [0.3, 0.4) is 0 Å². The number of anilines is 1. The summed E-state index contributed by atoms with van der Waals surface area (Å²) >= 11 is 0. The van der Waals surface area contributed by atoms with Gasteiger partial charge in [0.15, 0.2) is 11.5 Å². The van der Waals surface area contributed by atoms with Crippen LogP contribution in [0.4, 0.5) is 5.69 Å². The first-order valence-corrected chi connectivity index (χ1v) is 9.88. The van der Waals surface area contributed by atoms with Crippen LogP contribution in [0.1, 0.15) is 6.92 Å². The van der Waals surface area contributed by atoms with Crippen molar-refractivity contribution >= 4 is 21.6 Å². The Morgan fingerprint density at radius 1 is 1.07 bits per heavy atom. The predicted octanol–water partition coefficient (Wildman–Crippen LogP) is 1.77. The lowest BCUT2D eigenvalue weighted by Gasteiger charge is -2.19. The van der Waals surface area contributed by atoms with Gasteiger partial charge in [0.25, 0.3) is 0 Å². The second-order valence-electron chi connectivity index (χ2n) is 5.64.